The Morgan fingerprint density at radius 1 is 1.50 bits per heavy atom. The van der Waals surface area contributed by atoms with Gasteiger partial charge >= 0.3 is 11.9 Å². The van der Waals surface area contributed by atoms with Gasteiger partial charge in [-0.3, -0.25) is 4.79 Å². The van der Waals surface area contributed by atoms with Gasteiger partial charge in [-0.2, -0.15) is 11.8 Å². The van der Waals surface area contributed by atoms with Crippen LogP contribution in [0.4, 0.5) is 0 Å². The van der Waals surface area contributed by atoms with E-state index in [2.05, 4.69) is 5.32 Å². The summed E-state index contributed by atoms with van der Waals surface area (Å²) in [7, 11) is 0. The van der Waals surface area contributed by atoms with E-state index in [-0.39, 0.29) is 4.75 Å². The summed E-state index contributed by atoms with van der Waals surface area (Å²) >= 11 is 1.57. The Bertz CT molecular complexity index is 191. The molecule has 0 aromatic rings. The van der Waals surface area contributed by atoms with E-state index in [0.29, 0.717) is 6.54 Å². The van der Waals surface area contributed by atoms with Gasteiger partial charge in [0.2, 0.25) is 0 Å². The molecule has 0 aliphatic rings. The fourth-order valence-corrected chi connectivity index (χ4v) is 0.657. The molecule has 5 heteroatoms. The highest BCUT2D eigenvalue weighted by Crippen LogP contribution is 2.19. The normalized spacial score (nSPS) is 10.9. The minimum absolute atomic E-state index is 0.120. The zero-order valence-electron chi connectivity index (χ0n) is 7.38. The second-order valence-corrected chi connectivity index (χ2v) is 4.47. The lowest BCUT2D eigenvalue weighted by Crippen LogP contribution is -2.39. The van der Waals surface area contributed by atoms with E-state index in [4.69, 9.17) is 5.11 Å². The summed E-state index contributed by atoms with van der Waals surface area (Å²) in [5.74, 6) is -2.39. The summed E-state index contributed by atoms with van der Waals surface area (Å²) in [6.45, 7) is 4.22. The van der Waals surface area contributed by atoms with Crippen molar-refractivity contribution in [1.29, 1.82) is 0 Å². The van der Waals surface area contributed by atoms with E-state index in [1.54, 1.807) is 11.8 Å². The molecule has 0 atom stereocenters. The lowest BCUT2D eigenvalue weighted by atomic mass is 10.2. The van der Waals surface area contributed by atoms with Crippen LogP contribution in [0.5, 0.6) is 0 Å². The molecule has 0 saturated heterocycles. The molecule has 0 aliphatic carbocycles. The van der Waals surface area contributed by atoms with Crippen molar-refractivity contribution in [1.82, 2.24) is 5.32 Å². The van der Waals surface area contributed by atoms with Crippen LogP contribution < -0.4 is 5.32 Å². The predicted molar refractivity (Wildman–Crippen MR) is 48.2 cm³/mol. The Hall–Kier alpha value is -0.710. The maximum Gasteiger partial charge on any atom is 0.394 e. The number of aliphatic carboxylic acids is 1. The maximum atomic E-state index is 10.6. The highest BCUT2D eigenvalue weighted by atomic mass is 32.2. The minimum atomic E-state index is -1.44. The van der Waals surface area contributed by atoms with Crippen molar-refractivity contribution in [2.75, 3.05) is 12.8 Å². The highest BCUT2D eigenvalue weighted by molar-refractivity contribution is 7.99. The van der Waals surface area contributed by atoms with E-state index in [1.807, 2.05) is 20.1 Å². The van der Waals surface area contributed by atoms with Crippen LogP contribution >= 0.6 is 11.8 Å². The number of hydrogen-bond acceptors (Lipinski definition) is 3. The molecular formula is C7H13NO3S. The third kappa shape index (κ3) is 4.23. The van der Waals surface area contributed by atoms with Gasteiger partial charge in [-0.15, -0.1) is 0 Å². The summed E-state index contributed by atoms with van der Waals surface area (Å²) in [6.07, 6.45) is 1.91. The number of carbonyl (C=O) groups excluding carboxylic acids is 1. The van der Waals surface area contributed by atoms with E-state index in [9.17, 15) is 9.59 Å². The molecular weight excluding hydrogens is 178 g/mol. The molecule has 0 aromatic carbocycles. The van der Waals surface area contributed by atoms with Crippen molar-refractivity contribution in [2.45, 2.75) is 18.6 Å². The average Bonchev–Trinajstić information content (AvgIpc) is 2.00. The van der Waals surface area contributed by atoms with Crippen molar-refractivity contribution in [2.24, 2.45) is 0 Å². The number of hydrogen-bond donors (Lipinski definition) is 2. The molecule has 0 unspecified atom stereocenters. The first-order valence-electron chi connectivity index (χ1n) is 3.45. The molecule has 0 bridgehead atoms. The van der Waals surface area contributed by atoms with Gasteiger partial charge in [-0.25, -0.2) is 4.79 Å². The van der Waals surface area contributed by atoms with Crippen LogP contribution in [0.1, 0.15) is 13.8 Å². The molecule has 70 valence electrons. The SMILES string of the molecule is CSC(C)(C)CNC(=O)C(=O)O. The number of nitrogens with one attached hydrogen (secondary N) is 1. The molecule has 12 heavy (non-hydrogen) atoms. The van der Waals surface area contributed by atoms with E-state index >= 15 is 0 Å². The molecule has 0 fully saturated rings. The largest absolute Gasteiger partial charge is 0.474 e. The number of carbonyl (C=O) groups is 2. The minimum Gasteiger partial charge on any atom is -0.474 e. The molecule has 0 radical (unpaired) electrons. The third-order valence-corrected chi connectivity index (χ3v) is 2.67. The number of carboxylic acid groups (broad SMARTS) is 1. The van der Waals surface area contributed by atoms with E-state index < -0.39 is 11.9 Å². The maximum absolute atomic E-state index is 10.6. The van der Waals surface area contributed by atoms with Crippen LogP contribution in [0.25, 0.3) is 0 Å². The zero-order chi connectivity index (χ0) is 9.78. The summed E-state index contributed by atoms with van der Waals surface area (Å²) in [5.41, 5.74) is 0. The van der Waals surface area contributed by atoms with Crippen LogP contribution in [0.15, 0.2) is 0 Å². The Balaban J connectivity index is 3.83. The summed E-state index contributed by atoms with van der Waals surface area (Å²) in [5, 5.41) is 10.5. The topological polar surface area (TPSA) is 66.4 Å². The molecule has 0 aromatic heterocycles. The second-order valence-electron chi connectivity index (χ2n) is 2.95. The van der Waals surface area contributed by atoms with Crippen molar-refractivity contribution in [3.8, 4) is 0 Å². The van der Waals surface area contributed by atoms with Gasteiger partial charge in [0.1, 0.15) is 0 Å². The molecule has 0 aliphatic heterocycles. The standard InChI is InChI=1S/C7H13NO3S/c1-7(2,12-3)4-8-5(9)6(10)11/h4H2,1-3H3,(H,8,9)(H,10,11). The van der Waals surface area contributed by atoms with E-state index in [1.165, 1.54) is 0 Å². The number of carboxylic acids is 1. The molecule has 0 rings (SSSR count). The van der Waals surface area contributed by atoms with Crippen LogP contribution in [0, 0.1) is 0 Å². The van der Waals surface area contributed by atoms with Crippen molar-refractivity contribution >= 4 is 23.6 Å². The molecule has 1 amide bonds. The van der Waals surface area contributed by atoms with Crippen LogP contribution in [-0.2, 0) is 9.59 Å². The van der Waals surface area contributed by atoms with Gasteiger partial charge in [0.05, 0.1) is 0 Å². The van der Waals surface area contributed by atoms with Gasteiger partial charge in [0.15, 0.2) is 0 Å². The lowest BCUT2D eigenvalue weighted by Gasteiger charge is -2.21. The third-order valence-electron chi connectivity index (χ3n) is 1.42. The quantitative estimate of drug-likeness (QED) is 0.631. The predicted octanol–water partition coefficient (Wildman–Crippen LogP) is 0.329. The van der Waals surface area contributed by atoms with Gasteiger partial charge < -0.3 is 10.4 Å². The van der Waals surface area contributed by atoms with Gasteiger partial charge in [-0.1, -0.05) is 0 Å². The Labute approximate surface area is 75.7 Å². The molecule has 0 spiro atoms. The molecule has 0 saturated carbocycles. The summed E-state index contributed by atoms with van der Waals surface area (Å²) in [6, 6.07) is 0. The van der Waals surface area contributed by atoms with Crippen LogP contribution in [0.2, 0.25) is 0 Å². The second kappa shape index (κ2) is 4.35. The monoisotopic (exact) mass is 191 g/mol. The average molecular weight is 191 g/mol. The smallest absolute Gasteiger partial charge is 0.394 e. The fourth-order valence-electron chi connectivity index (χ4n) is 0.441. The number of rotatable bonds is 3. The first-order valence-corrected chi connectivity index (χ1v) is 4.68. The lowest BCUT2D eigenvalue weighted by molar-refractivity contribution is -0.150. The molecule has 2 N–H and O–H groups in total. The van der Waals surface area contributed by atoms with Crippen molar-refractivity contribution in [3.63, 3.8) is 0 Å². The first-order chi connectivity index (χ1) is 5.39. The Morgan fingerprint density at radius 2 is 2.00 bits per heavy atom. The van der Waals surface area contributed by atoms with Crippen molar-refractivity contribution in [3.05, 3.63) is 0 Å². The zero-order valence-corrected chi connectivity index (χ0v) is 8.20. The van der Waals surface area contributed by atoms with Crippen molar-refractivity contribution < 1.29 is 14.7 Å². The fraction of sp³-hybridized carbons (Fsp3) is 0.714. The van der Waals surface area contributed by atoms with Crippen LogP contribution in [-0.4, -0.2) is 34.5 Å². The summed E-state index contributed by atoms with van der Waals surface area (Å²) < 4.78 is -0.120. The van der Waals surface area contributed by atoms with Gasteiger partial charge in [0, 0.05) is 11.3 Å². The Kier molecular flexibility index (Phi) is 4.09. The van der Waals surface area contributed by atoms with Gasteiger partial charge in [0.25, 0.3) is 0 Å². The first kappa shape index (κ1) is 11.3. The number of thioether (sulfide) groups is 1. The van der Waals surface area contributed by atoms with E-state index in [0.717, 1.165) is 0 Å². The molecule has 4 nitrogen and oxygen atoms in total. The summed E-state index contributed by atoms with van der Waals surface area (Å²) in [4.78, 5) is 20.7. The Morgan fingerprint density at radius 3 is 2.33 bits per heavy atom. The molecule has 0 heterocycles. The van der Waals surface area contributed by atoms with Gasteiger partial charge in [-0.05, 0) is 20.1 Å². The number of amides is 1. The van der Waals surface area contributed by atoms with Crippen LogP contribution in [0.3, 0.4) is 0 Å². The highest BCUT2D eigenvalue weighted by Gasteiger charge is 2.19.